The Morgan fingerprint density at radius 1 is 1.33 bits per heavy atom. The first-order valence-corrected chi connectivity index (χ1v) is 8.25. The molecule has 0 aliphatic heterocycles. The normalized spacial score (nSPS) is 16.1. The van der Waals surface area contributed by atoms with E-state index >= 15 is 0 Å². The van der Waals surface area contributed by atoms with E-state index in [1.165, 1.54) is 11.8 Å². The van der Waals surface area contributed by atoms with Crippen LogP contribution < -0.4 is 5.32 Å². The molecule has 0 radical (unpaired) electrons. The van der Waals surface area contributed by atoms with E-state index in [2.05, 4.69) is 5.32 Å². The van der Waals surface area contributed by atoms with E-state index in [9.17, 15) is 9.59 Å². The van der Waals surface area contributed by atoms with Crippen LogP contribution in [0.15, 0.2) is 23.1 Å². The third kappa shape index (κ3) is 4.53. The van der Waals surface area contributed by atoms with Crippen molar-refractivity contribution in [2.24, 2.45) is 0 Å². The third-order valence-electron chi connectivity index (χ3n) is 3.46. The Morgan fingerprint density at radius 2 is 2.05 bits per heavy atom. The number of nitrogens with one attached hydrogen (secondary N) is 1. The Bertz CT molecular complexity index is 561. The van der Waals surface area contributed by atoms with Crippen LogP contribution in [0.5, 0.6) is 0 Å². The molecule has 0 bridgehead atoms. The fourth-order valence-corrected chi connectivity index (χ4v) is 3.59. The SMILES string of the molecule is O=C(O)CC1(NC(=O)CSc2cc(Cl)ccc2Cl)CCC1. The van der Waals surface area contributed by atoms with Gasteiger partial charge in [-0.15, -0.1) is 11.8 Å². The number of amides is 1. The number of thioether (sulfide) groups is 1. The monoisotopic (exact) mass is 347 g/mol. The minimum atomic E-state index is -0.888. The summed E-state index contributed by atoms with van der Waals surface area (Å²) in [4.78, 5) is 23.6. The standard InChI is InChI=1S/C14H15Cl2NO3S/c15-9-2-3-10(16)11(6-9)21-8-12(18)17-14(4-1-5-14)7-13(19)20/h2-3,6H,1,4-5,7-8H2,(H,17,18)(H,19,20). The molecule has 114 valence electrons. The molecule has 4 nitrogen and oxygen atoms in total. The second kappa shape index (κ2) is 6.90. The molecular weight excluding hydrogens is 333 g/mol. The summed E-state index contributed by atoms with van der Waals surface area (Å²) in [6.07, 6.45) is 2.35. The Balaban J connectivity index is 1.90. The molecule has 0 spiro atoms. The molecule has 1 fully saturated rings. The van der Waals surface area contributed by atoms with Gasteiger partial charge in [-0.25, -0.2) is 0 Å². The van der Waals surface area contributed by atoms with Crippen molar-refractivity contribution in [3.05, 3.63) is 28.2 Å². The van der Waals surface area contributed by atoms with Crippen molar-refractivity contribution in [3.63, 3.8) is 0 Å². The molecule has 2 rings (SSSR count). The number of rotatable bonds is 6. The van der Waals surface area contributed by atoms with Crippen LogP contribution in [0.4, 0.5) is 0 Å². The van der Waals surface area contributed by atoms with Crippen LogP contribution in [0.25, 0.3) is 0 Å². The minimum absolute atomic E-state index is 0.0265. The first-order valence-electron chi connectivity index (χ1n) is 6.51. The molecule has 21 heavy (non-hydrogen) atoms. The lowest BCUT2D eigenvalue weighted by Gasteiger charge is -2.41. The average molecular weight is 348 g/mol. The zero-order valence-electron chi connectivity index (χ0n) is 11.2. The lowest BCUT2D eigenvalue weighted by molar-refractivity contribution is -0.140. The lowest BCUT2D eigenvalue weighted by Crippen LogP contribution is -2.55. The van der Waals surface area contributed by atoms with Crippen LogP contribution in [0.1, 0.15) is 25.7 Å². The molecule has 0 saturated heterocycles. The molecule has 7 heteroatoms. The number of carbonyl (C=O) groups excluding carboxylic acids is 1. The number of aliphatic carboxylic acids is 1. The van der Waals surface area contributed by atoms with Crippen molar-refractivity contribution in [3.8, 4) is 0 Å². The van der Waals surface area contributed by atoms with Gasteiger partial charge in [0.1, 0.15) is 0 Å². The van der Waals surface area contributed by atoms with Crippen molar-refractivity contribution in [1.82, 2.24) is 5.32 Å². The largest absolute Gasteiger partial charge is 0.481 e. The highest BCUT2D eigenvalue weighted by molar-refractivity contribution is 8.00. The first kappa shape index (κ1) is 16.5. The summed E-state index contributed by atoms with van der Waals surface area (Å²) in [6.45, 7) is 0. The van der Waals surface area contributed by atoms with E-state index in [4.69, 9.17) is 28.3 Å². The number of carboxylic acids is 1. The van der Waals surface area contributed by atoms with Crippen LogP contribution in [0.3, 0.4) is 0 Å². The van der Waals surface area contributed by atoms with Crippen LogP contribution in [-0.2, 0) is 9.59 Å². The summed E-state index contributed by atoms with van der Waals surface area (Å²) in [6, 6.07) is 5.07. The maximum Gasteiger partial charge on any atom is 0.305 e. The van der Waals surface area contributed by atoms with Crippen molar-refractivity contribution < 1.29 is 14.7 Å². The molecule has 0 aromatic heterocycles. The van der Waals surface area contributed by atoms with Gasteiger partial charge in [0.15, 0.2) is 0 Å². The first-order chi connectivity index (χ1) is 9.90. The minimum Gasteiger partial charge on any atom is -0.481 e. The highest BCUT2D eigenvalue weighted by Gasteiger charge is 2.40. The van der Waals surface area contributed by atoms with Gasteiger partial charge in [0.2, 0.25) is 5.91 Å². The molecule has 2 N–H and O–H groups in total. The topological polar surface area (TPSA) is 66.4 Å². The van der Waals surface area contributed by atoms with Crippen LogP contribution in [0.2, 0.25) is 10.0 Å². The fourth-order valence-electron chi connectivity index (χ4n) is 2.30. The number of benzene rings is 1. The number of hydrogen-bond donors (Lipinski definition) is 2. The summed E-state index contributed by atoms with van der Waals surface area (Å²) in [5, 5.41) is 12.9. The average Bonchev–Trinajstić information content (AvgIpc) is 2.36. The second-order valence-corrected chi connectivity index (χ2v) is 6.98. The van der Waals surface area contributed by atoms with Gasteiger partial charge >= 0.3 is 5.97 Å². The maximum absolute atomic E-state index is 12.0. The van der Waals surface area contributed by atoms with E-state index in [1.807, 2.05) is 0 Å². The summed E-state index contributed by atoms with van der Waals surface area (Å²) < 4.78 is 0. The summed E-state index contributed by atoms with van der Waals surface area (Å²) in [7, 11) is 0. The smallest absolute Gasteiger partial charge is 0.305 e. The fraction of sp³-hybridized carbons (Fsp3) is 0.429. The van der Waals surface area contributed by atoms with E-state index in [0.717, 1.165) is 11.3 Å². The van der Waals surface area contributed by atoms with E-state index in [1.54, 1.807) is 18.2 Å². The predicted molar refractivity (Wildman–Crippen MR) is 84.2 cm³/mol. The van der Waals surface area contributed by atoms with Gasteiger partial charge in [-0.3, -0.25) is 9.59 Å². The summed E-state index contributed by atoms with van der Waals surface area (Å²) >= 11 is 13.2. The zero-order valence-corrected chi connectivity index (χ0v) is 13.5. The number of halogens is 2. The molecule has 0 atom stereocenters. The Kier molecular flexibility index (Phi) is 5.41. The van der Waals surface area contributed by atoms with E-state index < -0.39 is 11.5 Å². The molecule has 1 amide bonds. The molecule has 1 aliphatic rings. The quantitative estimate of drug-likeness (QED) is 0.771. The number of carboxylic acid groups (broad SMARTS) is 1. The second-order valence-electron chi connectivity index (χ2n) is 5.12. The maximum atomic E-state index is 12.0. The highest BCUT2D eigenvalue weighted by Crippen LogP contribution is 2.35. The van der Waals surface area contributed by atoms with Gasteiger partial charge in [-0.2, -0.15) is 0 Å². The summed E-state index contributed by atoms with van der Waals surface area (Å²) in [5.41, 5.74) is -0.568. The Morgan fingerprint density at radius 3 is 2.62 bits per heavy atom. The Labute approximate surface area is 137 Å². The molecule has 0 unspecified atom stereocenters. The van der Waals surface area contributed by atoms with Crippen LogP contribution in [0, 0.1) is 0 Å². The molecule has 1 aliphatic carbocycles. The van der Waals surface area contributed by atoms with Gasteiger partial charge in [-0.05, 0) is 37.5 Å². The Hall–Kier alpha value is -0.910. The van der Waals surface area contributed by atoms with Crippen molar-refractivity contribution in [1.29, 1.82) is 0 Å². The van der Waals surface area contributed by atoms with E-state index in [-0.39, 0.29) is 18.1 Å². The van der Waals surface area contributed by atoms with Crippen LogP contribution in [-0.4, -0.2) is 28.3 Å². The van der Waals surface area contributed by atoms with Crippen molar-refractivity contribution >= 4 is 46.8 Å². The predicted octanol–water partition coefficient (Wildman–Crippen LogP) is 3.60. The molecule has 0 heterocycles. The van der Waals surface area contributed by atoms with E-state index in [0.29, 0.717) is 22.9 Å². The van der Waals surface area contributed by atoms with Gasteiger partial charge in [0, 0.05) is 9.92 Å². The number of carbonyl (C=O) groups is 2. The van der Waals surface area contributed by atoms with Gasteiger partial charge in [0.05, 0.1) is 22.7 Å². The van der Waals surface area contributed by atoms with Crippen molar-refractivity contribution in [2.75, 3.05) is 5.75 Å². The van der Waals surface area contributed by atoms with Gasteiger partial charge in [-0.1, -0.05) is 23.2 Å². The molecule has 1 saturated carbocycles. The van der Waals surface area contributed by atoms with Crippen molar-refractivity contribution in [2.45, 2.75) is 36.1 Å². The molecule has 1 aromatic rings. The highest BCUT2D eigenvalue weighted by atomic mass is 35.5. The van der Waals surface area contributed by atoms with Gasteiger partial charge in [0.25, 0.3) is 0 Å². The summed E-state index contributed by atoms with van der Waals surface area (Å²) in [5.74, 6) is -0.890. The number of hydrogen-bond acceptors (Lipinski definition) is 3. The lowest BCUT2D eigenvalue weighted by atomic mass is 9.74. The third-order valence-corrected chi connectivity index (χ3v) is 5.19. The molecule has 1 aromatic carbocycles. The van der Waals surface area contributed by atoms with Gasteiger partial charge < -0.3 is 10.4 Å². The van der Waals surface area contributed by atoms with Crippen LogP contribution >= 0.6 is 35.0 Å². The zero-order chi connectivity index (χ0) is 15.5. The molecular formula is C14H15Cl2NO3S.